The van der Waals surface area contributed by atoms with E-state index in [1.165, 1.54) is 0 Å². The second-order valence-corrected chi connectivity index (χ2v) is 4.55. The average molecular weight is 284 g/mol. The van der Waals surface area contributed by atoms with Crippen LogP contribution in [0.4, 0.5) is 10.5 Å². The van der Waals surface area contributed by atoms with E-state index >= 15 is 0 Å². The van der Waals surface area contributed by atoms with Gasteiger partial charge in [-0.1, -0.05) is 23.7 Å². The summed E-state index contributed by atoms with van der Waals surface area (Å²) in [6.07, 6.45) is 0. The topological polar surface area (TPSA) is 70.2 Å². The molecule has 0 heterocycles. The van der Waals surface area contributed by atoms with Crippen molar-refractivity contribution in [3.05, 3.63) is 28.8 Å². The Labute approximate surface area is 117 Å². The van der Waals surface area contributed by atoms with Crippen molar-refractivity contribution < 1.29 is 9.59 Å². The van der Waals surface area contributed by atoms with Crippen LogP contribution in [-0.2, 0) is 4.79 Å². The van der Waals surface area contributed by atoms with Gasteiger partial charge in [0.15, 0.2) is 0 Å². The first-order chi connectivity index (χ1) is 8.95. The van der Waals surface area contributed by atoms with Crippen molar-refractivity contribution in [1.82, 2.24) is 10.6 Å². The molecule has 0 aliphatic heterocycles. The van der Waals surface area contributed by atoms with E-state index in [1.807, 2.05) is 19.1 Å². The molecule has 0 fully saturated rings. The van der Waals surface area contributed by atoms with E-state index in [9.17, 15) is 9.59 Å². The molecule has 0 aliphatic carbocycles. The van der Waals surface area contributed by atoms with Gasteiger partial charge in [-0.05, 0) is 32.4 Å². The largest absolute Gasteiger partial charge is 0.372 e. The number of hydrogen-bond acceptors (Lipinski definition) is 3. The van der Waals surface area contributed by atoms with Gasteiger partial charge in [-0.2, -0.15) is 0 Å². The molecule has 104 valence electrons. The van der Waals surface area contributed by atoms with Crippen LogP contribution >= 0.6 is 11.6 Å². The molecule has 19 heavy (non-hydrogen) atoms. The Morgan fingerprint density at radius 1 is 1.37 bits per heavy atom. The summed E-state index contributed by atoms with van der Waals surface area (Å²) >= 11 is 6.06. The van der Waals surface area contributed by atoms with Gasteiger partial charge in [0, 0.05) is 6.54 Å². The van der Waals surface area contributed by atoms with E-state index in [4.69, 9.17) is 11.6 Å². The second-order valence-electron chi connectivity index (χ2n) is 4.15. The molecule has 5 nitrogen and oxygen atoms in total. The molecule has 1 aromatic carbocycles. The first kappa shape index (κ1) is 15.3. The monoisotopic (exact) mass is 283 g/mol. The minimum absolute atomic E-state index is 0.412. The maximum absolute atomic E-state index is 11.8. The van der Waals surface area contributed by atoms with Crippen molar-refractivity contribution in [3.8, 4) is 0 Å². The number of aryl methyl sites for hydroxylation is 1. The van der Waals surface area contributed by atoms with Gasteiger partial charge in [0.25, 0.3) is 0 Å². The van der Waals surface area contributed by atoms with Gasteiger partial charge >= 0.3 is 6.03 Å². The van der Waals surface area contributed by atoms with Crippen molar-refractivity contribution in [2.24, 2.45) is 0 Å². The number of imide groups is 1. The first-order valence-electron chi connectivity index (χ1n) is 6.06. The third-order valence-corrected chi connectivity index (χ3v) is 2.87. The number of para-hydroxylation sites is 1. The van der Waals surface area contributed by atoms with E-state index in [0.717, 1.165) is 5.56 Å². The zero-order valence-corrected chi connectivity index (χ0v) is 12.0. The number of carbonyl (C=O) groups is 2. The van der Waals surface area contributed by atoms with Gasteiger partial charge in [0.1, 0.15) is 6.04 Å². The molecule has 3 amide bonds. The summed E-state index contributed by atoms with van der Waals surface area (Å²) in [5.41, 5.74) is 1.63. The number of amides is 3. The number of hydrogen-bond donors (Lipinski definition) is 3. The van der Waals surface area contributed by atoms with E-state index in [1.54, 1.807) is 19.9 Å². The Bertz CT molecular complexity index is 457. The lowest BCUT2D eigenvalue weighted by molar-refractivity contribution is -0.120. The standard InChI is InChI=1S/C13H18ClN3O2/c1-4-15-13(19)17-12(18)9(3)16-11-8(2)6-5-7-10(11)14/h5-7,9,16H,4H2,1-3H3,(H2,15,17,18,19). The maximum Gasteiger partial charge on any atom is 0.321 e. The van der Waals surface area contributed by atoms with Crippen LogP contribution in [0.15, 0.2) is 18.2 Å². The highest BCUT2D eigenvalue weighted by Crippen LogP contribution is 2.25. The van der Waals surface area contributed by atoms with Crippen LogP contribution in [-0.4, -0.2) is 24.5 Å². The number of benzene rings is 1. The average Bonchev–Trinajstić information content (AvgIpc) is 2.34. The molecule has 6 heteroatoms. The third-order valence-electron chi connectivity index (χ3n) is 2.55. The lowest BCUT2D eigenvalue weighted by atomic mass is 10.2. The lowest BCUT2D eigenvalue weighted by Gasteiger charge is -2.17. The number of nitrogens with one attached hydrogen (secondary N) is 3. The number of halogens is 1. The molecule has 1 atom stereocenters. The number of anilines is 1. The van der Waals surface area contributed by atoms with Crippen LogP contribution in [0.1, 0.15) is 19.4 Å². The molecule has 1 aromatic rings. The van der Waals surface area contributed by atoms with E-state index in [-0.39, 0.29) is 0 Å². The molecule has 0 bridgehead atoms. The van der Waals surface area contributed by atoms with Crippen molar-refractivity contribution in [1.29, 1.82) is 0 Å². The van der Waals surface area contributed by atoms with E-state index in [0.29, 0.717) is 17.3 Å². The highest BCUT2D eigenvalue weighted by atomic mass is 35.5. The second kappa shape index (κ2) is 6.99. The Balaban J connectivity index is 2.66. The zero-order valence-electron chi connectivity index (χ0n) is 11.2. The van der Waals surface area contributed by atoms with Crippen LogP contribution in [0.3, 0.4) is 0 Å². The first-order valence-corrected chi connectivity index (χ1v) is 6.43. The molecular formula is C13H18ClN3O2. The Kier molecular flexibility index (Phi) is 5.63. The van der Waals surface area contributed by atoms with Crippen molar-refractivity contribution in [2.45, 2.75) is 26.8 Å². The Morgan fingerprint density at radius 3 is 2.63 bits per heavy atom. The van der Waals surface area contributed by atoms with Crippen LogP contribution < -0.4 is 16.0 Å². The fourth-order valence-electron chi connectivity index (χ4n) is 1.52. The zero-order chi connectivity index (χ0) is 14.4. The lowest BCUT2D eigenvalue weighted by Crippen LogP contribution is -2.45. The van der Waals surface area contributed by atoms with E-state index in [2.05, 4.69) is 16.0 Å². The summed E-state index contributed by atoms with van der Waals surface area (Å²) in [6.45, 7) is 5.79. The fourth-order valence-corrected chi connectivity index (χ4v) is 1.80. The summed E-state index contributed by atoms with van der Waals surface area (Å²) < 4.78 is 0. The minimum Gasteiger partial charge on any atom is -0.372 e. The summed E-state index contributed by atoms with van der Waals surface area (Å²) in [6, 6.07) is 4.40. The number of rotatable bonds is 4. The van der Waals surface area contributed by atoms with Crippen molar-refractivity contribution >= 4 is 29.2 Å². The molecule has 0 aromatic heterocycles. The van der Waals surface area contributed by atoms with Gasteiger partial charge in [0.05, 0.1) is 10.7 Å². The molecule has 0 radical (unpaired) electrons. The summed E-state index contributed by atoms with van der Waals surface area (Å²) in [5, 5.41) is 8.28. The van der Waals surface area contributed by atoms with Gasteiger partial charge in [-0.3, -0.25) is 10.1 Å². The van der Waals surface area contributed by atoms with Crippen molar-refractivity contribution in [3.63, 3.8) is 0 Å². The SMILES string of the molecule is CCNC(=O)NC(=O)C(C)Nc1c(C)cccc1Cl. The molecular weight excluding hydrogens is 266 g/mol. The minimum atomic E-state index is -0.568. The van der Waals surface area contributed by atoms with Gasteiger partial charge < -0.3 is 10.6 Å². The highest BCUT2D eigenvalue weighted by Gasteiger charge is 2.17. The molecule has 0 aliphatic rings. The molecule has 3 N–H and O–H groups in total. The Morgan fingerprint density at radius 2 is 2.05 bits per heavy atom. The quantitative estimate of drug-likeness (QED) is 0.794. The Hall–Kier alpha value is -1.75. The van der Waals surface area contributed by atoms with E-state index < -0.39 is 18.0 Å². The predicted molar refractivity (Wildman–Crippen MR) is 76.5 cm³/mol. The van der Waals surface area contributed by atoms with Crippen molar-refractivity contribution in [2.75, 3.05) is 11.9 Å². The summed E-state index contributed by atoms with van der Waals surface area (Å²) in [5.74, 6) is -0.412. The number of urea groups is 1. The maximum atomic E-state index is 11.8. The molecule has 0 saturated heterocycles. The molecule has 0 spiro atoms. The summed E-state index contributed by atoms with van der Waals surface area (Å²) in [4.78, 5) is 23.0. The fraction of sp³-hybridized carbons (Fsp3) is 0.385. The van der Waals surface area contributed by atoms with Gasteiger partial charge in [-0.15, -0.1) is 0 Å². The molecule has 0 saturated carbocycles. The third kappa shape index (κ3) is 4.44. The predicted octanol–water partition coefficient (Wildman–Crippen LogP) is 2.29. The molecule has 1 unspecified atom stereocenters. The van der Waals surface area contributed by atoms with Gasteiger partial charge in [0.2, 0.25) is 5.91 Å². The molecule has 1 rings (SSSR count). The normalized spacial score (nSPS) is 11.6. The van der Waals surface area contributed by atoms with Crippen LogP contribution in [0.5, 0.6) is 0 Å². The number of carbonyl (C=O) groups excluding carboxylic acids is 2. The van der Waals surface area contributed by atoms with Crippen LogP contribution in [0, 0.1) is 6.92 Å². The van der Waals surface area contributed by atoms with Crippen LogP contribution in [0.2, 0.25) is 5.02 Å². The van der Waals surface area contributed by atoms with Gasteiger partial charge in [-0.25, -0.2) is 4.79 Å². The summed E-state index contributed by atoms with van der Waals surface area (Å²) in [7, 11) is 0. The van der Waals surface area contributed by atoms with Crippen LogP contribution in [0.25, 0.3) is 0 Å². The smallest absolute Gasteiger partial charge is 0.321 e. The highest BCUT2D eigenvalue weighted by molar-refractivity contribution is 6.33.